The van der Waals surface area contributed by atoms with Gasteiger partial charge in [0, 0.05) is 13.5 Å². The van der Waals surface area contributed by atoms with Crippen LogP contribution in [0.15, 0.2) is 42.5 Å². The van der Waals surface area contributed by atoms with E-state index < -0.39 is 42.6 Å². The van der Waals surface area contributed by atoms with Gasteiger partial charge in [0.05, 0.1) is 6.10 Å². The Morgan fingerprint density at radius 3 is 2.52 bits per heavy atom. The number of aliphatic hydroxyl groups is 2. The number of ether oxygens (including phenoxy) is 4. The second kappa shape index (κ2) is 7.13. The summed E-state index contributed by atoms with van der Waals surface area (Å²) >= 11 is 0. The number of methoxy groups -OCH3 is 1. The molecule has 0 aromatic heterocycles. The zero-order valence-corrected chi connectivity index (χ0v) is 15.7. The first-order chi connectivity index (χ1) is 12.9. The lowest BCUT2D eigenvalue weighted by Crippen LogP contribution is -2.60. The number of hydrogen-bond donors (Lipinski definition) is 2. The standard InChI is InChI=1S/C21H26O6/c1-21(2)26-18-16(23)20(24-3)25-17(19(18)27-21)15(22)11-12-8-9-13-6-4-5-7-14(13)10-12/h4-10,15-20,22-23H,11H2,1-3H3/t15?,16-,17-,18-,19+,20+/m1/s1. The Balaban J connectivity index is 1.56. The number of rotatable bonds is 4. The molecule has 0 spiro atoms. The van der Waals surface area contributed by atoms with E-state index in [0.717, 1.165) is 16.3 Å². The summed E-state index contributed by atoms with van der Waals surface area (Å²) in [5.41, 5.74) is 1.000. The van der Waals surface area contributed by atoms with Crippen molar-refractivity contribution in [3.8, 4) is 0 Å². The van der Waals surface area contributed by atoms with E-state index in [2.05, 4.69) is 12.1 Å². The normalized spacial score (nSPS) is 33.7. The van der Waals surface area contributed by atoms with Crippen LogP contribution in [0.1, 0.15) is 19.4 Å². The fourth-order valence-corrected chi connectivity index (χ4v) is 4.03. The zero-order chi connectivity index (χ0) is 19.2. The number of fused-ring (bicyclic) bond motifs is 2. The van der Waals surface area contributed by atoms with E-state index in [1.54, 1.807) is 13.8 Å². The van der Waals surface area contributed by atoms with Crippen LogP contribution in [0.2, 0.25) is 0 Å². The highest BCUT2D eigenvalue weighted by Crippen LogP contribution is 2.39. The molecule has 1 unspecified atom stereocenters. The highest BCUT2D eigenvalue weighted by atomic mass is 16.8. The fourth-order valence-electron chi connectivity index (χ4n) is 4.03. The summed E-state index contributed by atoms with van der Waals surface area (Å²) in [6.45, 7) is 3.57. The molecule has 0 amide bonds. The maximum absolute atomic E-state index is 10.9. The predicted octanol–water partition coefficient (Wildman–Crippen LogP) is 2.00. The van der Waals surface area contributed by atoms with E-state index in [9.17, 15) is 10.2 Å². The first-order valence-corrected chi connectivity index (χ1v) is 9.26. The molecule has 146 valence electrons. The van der Waals surface area contributed by atoms with Gasteiger partial charge in [-0.25, -0.2) is 0 Å². The molecule has 2 N–H and O–H groups in total. The van der Waals surface area contributed by atoms with Crippen molar-refractivity contribution in [2.75, 3.05) is 7.11 Å². The number of benzene rings is 2. The molecular formula is C21H26O6. The first kappa shape index (κ1) is 18.8. The van der Waals surface area contributed by atoms with Gasteiger partial charge in [-0.15, -0.1) is 0 Å². The average molecular weight is 374 g/mol. The smallest absolute Gasteiger partial charge is 0.186 e. The lowest BCUT2D eigenvalue weighted by molar-refractivity contribution is -0.284. The lowest BCUT2D eigenvalue weighted by atomic mass is 9.92. The monoisotopic (exact) mass is 374 g/mol. The van der Waals surface area contributed by atoms with Gasteiger partial charge in [0.2, 0.25) is 0 Å². The minimum atomic E-state index is -0.981. The molecule has 27 heavy (non-hydrogen) atoms. The van der Waals surface area contributed by atoms with Gasteiger partial charge in [-0.3, -0.25) is 0 Å². The van der Waals surface area contributed by atoms with Crippen molar-refractivity contribution < 1.29 is 29.2 Å². The molecule has 0 aliphatic carbocycles. The van der Waals surface area contributed by atoms with Crippen molar-refractivity contribution in [3.05, 3.63) is 48.0 Å². The molecule has 2 fully saturated rings. The summed E-state index contributed by atoms with van der Waals surface area (Å²) in [7, 11) is 1.46. The Labute approximate surface area is 158 Å². The molecule has 2 aliphatic rings. The topological polar surface area (TPSA) is 77.4 Å². The van der Waals surface area contributed by atoms with E-state index in [-0.39, 0.29) is 0 Å². The SMILES string of the molecule is CO[C@H]1O[C@H](C(O)Cc2ccc3ccccc3c2)[C@@H]2OC(C)(C)O[C@@H]2[C@H]1O. The minimum absolute atomic E-state index is 0.398. The van der Waals surface area contributed by atoms with E-state index in [0.29, 0.717) is 6.42 Å². The molecule has 0 radical (unpaired) electrons. The van der Waals surface area contributed by atoms with Gasteiger partial charge in [0.25, 0.3) is 0 Å². The summed E-state index contributed by atoms with van der Waals surface area (Å²) in [6.07, 6.45) is -4.15. The second-order valence-corrected chi connectivity index (χ2v) is 7.71. The Morgan fingerprint density at radius 1 is 1.07 bits per heavy atom. The molecule has 6 nitrogen and oxygen atoms in total. The van der Waals surface area contributed by atoms with Gasteiger partial charge in [-0.1, -0.05) is 42.5 Å². The third-order valence-corrected chi connectivity index (χ3v) is 5.26. The van der Waals surface area contributed by atoms with Crippen LogP contribution in [-0.2, 0) is 25.4 Å². The quantitative estimate of drug-likeness (QED) is 0.852. The van der Waals surface area contributed by atoms with Crippen molar-refractivity contribution in [1.29, 1.82) is 0 Å². The molecule has 0 bridgehead atoms. The predicted molar refractivity (Wildman–Crippen MR) is 99.2 cm³/mol. The van der Waals surface area contributed by atoms with E-state index >= 15 is 0 Å². The Morgan fingerprint density at radius 2 is 1.78 bits per heavy atom. The van der Waals surface area contributed by atoms with Crippen LogP contribution in [0.5, 0.6) is 0 Å². The summed E-state index contributed by atoms with van der Waals surface area (Å²) in [5.74, 6) is -0.858. The second-order valence-electron chi connectivity index (χ2n) is 7.71. The molecule has 2 saturated heterocycles. The summed E-state index contributed by atoms with van der Waals surface area (Å²) in [4.78, 5) is 0. The Bertz CT molecular complexity index is 806. The van der Waals surface area contributed by atoms with Crippen molar-refractivity contribution in [1.82, 2.24) is 0 Å². The Hall–Kier alpha value is -1.54. The van der Waals surface area contributed by atoms with Crippen LogP contribution in [0.25, 0.3) is 10.8 Å². The van der Waals surface area contributed by atoms with Gasteiger partial charge in [-0.2, -0.15) is 0 Å². The summed E-state index contributed by atoms with van der Waals surface area (Å²) in [6, 6.07) is 14.2. The molecule has 2 aromatic rings. The van der Waals surface area contributed by atoms with Crippen molar-refractivity contribution in [2.24, 2.45) is 0 Å². The molecule has 0 saturated carbocycles. The van der Waals surface area contributed by atoms with Gasteiger partial charge in [-0.05, 0) is 30.2 Å². The minimum Gasteiger partial charge on any atom is -0.390 e. The van der Waals surface area contributed by atoms with E-state index in [1.807, 2.05) is 30.3 Å². The largest absolute Gasteiger partial charge is 0.390 e. The average Bonchev–Trinajstić information content (AvgIpc) is 2.97. The molecule has 2 aromatic carbocycles. The van der Waals surface area contributed by atoms with Crippen LogP contribution < -0.4 is 0 Å². The highest BCUT2D eigenvalue weighted by Gasteiger charge is 2.56. The van der Waals surface area contributed by atoms with Gasteiger partial charge >= 0.3 is 0 Å². The first-order valence-electron chi connectivity index (χ1n) is 9.26. The van der Waals surface area contributed by atoms with Crippen LogP contribution in [0.3, 0.4) is 0 Å². The summed E-state index contributed by atoms with van der Waals surface area (Å²) in [5, 5.41) is 23.6. The number of aliphatic hydroxyl groups excluding tert-OH is 2. The van der Waals surface area contributed by atoms with E-state index in [1.165, 1.54) is 7.11 Å². The van der Waals surface area contributed by atoms with Crippen molar-refractivity contribution >= 4 is 10.8 Å². The highest BCUT2D eigenvalue weighted by molar-refractivity contribution is 5.82. The third kappa shape index (κ3) is 3.61. The van der Waals surface area contributed by atoms with Gasteiger partial charge < -0.3 is 29.2 Å². The number of hydrogen-bond acceptors (Lipinski definition) is 6. The molecule has 4 rings (SSSR count). The van der Waals surface area contributed by atoms with E-state index in [4.69, 9.17) is 18.9 Å². The molecule has 2 aliphatic heterocycles. The summed E-state index contributed by atoms with van der Waals surface area (Å²) < 4.78 is 22.9. The molecule has 6 heteroatoms. The maximum atomic E-state index is 10.9. The fraction of sp³-hybridized carbons (Fsp3) is 0.524. The van der Waals surface area contributed by atoms with Gasteiger partial charge in [0.15, 0.2) is 12.1 Å². The van der Waals surface area contributed by atoms with Crippen molar-refractivity contribution in [2.45, 2.75) is 62.9 Å². The third-order valence-electron chi connectivity index (χ3n) is 5.26. The van der Waals surface area contributed by atoms with Crippen LogP contribution in [0.4, 0.5) is 0 Å². The van der Waals surface area contributed by atoms with Crippen LogP contribution in [0, 0.1) is 0 Å². The maximum Gasteiger partial charge on any atom is 0.186 e. The lowest BCUT2D eigenvalue weighted by Gasteiger charge is -2.41. The van der Waals surface area contributed by atoms with Gasteiger partial charge in [0.1, 0.15) is 24.4 Å². The molecule has 6 atom stereocenters. The van der Waals surface area contributed by atoms with Crippen molar-refractivity contribution in [3.63, 3.8) is 0 Å². The molecular weight excluding hydrogens is 348 g/mol. The zero-order valence-electron chi connectivity index (χ0n) is 15.7. The van der Waals surface area contributed by atoms with Crippen LogP contribution >= 0.6 is 0 Å². The Kier molecular flexibility index (Phi) is 4.96. The molecule has 2 heterocycles. The van der Waals surface area contributed by atoms with Crippen LogP contribution in [-0.4, -0.2) is 59.9 Å².